The maximum absolute atomic E-state index is 8.51. The van der Waals surface area contributed by atoms with Crippen LogP contribution in [0, 0.1) is 5.92 Å². The summed E-state index contributed by atoms with van der Waals surface area (Å²) >= 11 is 0. The summed E-state index contributed by atoms with van der Waals surface area (Å²) in [5, 5.41) is 17.0. The second-order valence-corrected chi connectivity index (χ2v) is 2.45. The van der Waals surface area contributed by atoms with Crippen molar-refractivity contribution < 1.29 is 14.8 Å². The highest BCUT2D eigenvalue weighted by Crippen LogP contribution is 2.16. The van der Waals surface area contributed by atoms with Gasteiger partial charge in [0.05, 0.1) is 0 Å². The van der Waals surface area contributed by atoms with Crippen LogP contribution in [0.5, 0.6) is 0 Å². The van der Waals surface area contributed by atoms with Gasteiger partial charge in [-0.1, -0.05) is 0 Å². The highest BCUT2D eigenvalue weighted by atomic mass is 16.5. The number of hydrogen-bond acceptors (Lipinski definition) is 3. The third-order valence-electron chi connectivity index (χ3n) is 1.57. The second kappa shape index (κ2) is 3.20. The molecule has 1 aliphatic rings. The summed E-state index contributed by atoms with van der Waals surface area (Å²) in [7, 11) is -1.16. The van der Waals surface area contributed by atoms with Gasteiger partial charge < -0.3 is 14.8 Å². The van der Waals surface area contributed by atoms with E-state index in [1.54, 1.807) is 0 Å². The lowest BCUT2D eigenvalue weighted by atomic mass is 9.78. The van der Waals surface area contributed by atoms with E-state index in [1.807, 2.05) is 0 Å². The van der Waals surface area contributed by atoms with Gasteiger partial charge in [0.1, 0.15) is 0 Å². The largest absolute Gasteiger partial charge is 0.451 e. The molecule has 0 saturated carbocycles. The molecule has 1 rings (SSSR count). The highest BCUT2D eigenvalue weighted by molar-refractivity contribution is 6.41. The van der Waals surface area contributed by atoms with E-state index in [1.165, 1.54) is 0 Å². The van der Waals surface area contributed by atoms with Crippen LogP contribution in [0.25, 0.3) is 0 Å². The van der Waals surface area contributed by atoms with E-state index in [-0.39, 0.29) is 0 Å². The Labute approximate surface area is 54.8 Å². The van der Waals surface area contributed by atoms with Crippen molar-refractivity contribution in [1.29, 1.82) is 0 Å². The minimum absolute atomic E-state index is 0.366. The Balaban J connectivity index is 2.11. The van der Waals surface area contributed by atoms with E-state index >= 15 is 0 Å². The Morgan fingerprint density at radius 1 is 1.56 bits per heavy atom. The fraction of sp³-hybridized carbons (Fsp3) is 1.00. The van der Waals surface area contributed by atoms with Gasteiger partial charge in [-0.2, -0.15) is 0 Å². The summed E-state index contributed by atoms with van der Waals surface area (Å²) in [6.45, 7) is 1.47. The van der Waals surface area contributed by atoms with Crippen molar-refractivity contribution in [1.82, 2.24) is 0 Å². The molecule has 1 heterocycles. The molecule has 1 saturated heterocycles. The smallest absolute Gasteiger partial charge is 0.427 e. The van der Waals surface area contributed by atoms with Crippen molar-refractivity contribution in [3.8, 4) is 0 Å². The van der Waals surface area contributed by atoms with E-state index in [9.17, 15) is 0 Å². The zero-order chi connectivity index (χ0) is 6.69. The lowest BCUT2D eigenvalue weighted by Crippen LogP contribution is -2.16. The van der Waals surface area contributed by atoms with Gasteiger partial charge in [0.15, 0.2) is 0 Å². The topological polar surface area (TPSA) is 49.7 Å². The van der Waals surface area contributed by atoms with Crippen LogP contribution in [-0.4, -0.2) is 30.4 Å². The molecule has 0 amide bonds. The SMILES string of the molecule is OB(O)CC1CCOC1. The Bertz CT molecular complexity index is 80.3. The quantitative estimate of drug-likeness (QED) is 0.495. The first-order chi connectivity index (χ1) is 4.29. The third-order valence-corrected chi connectivity index (χ3v) is 1.57. The molecule has 0 aliphatic carbocycles. The minimum atomic E-state index is -1.16. The van der Waals surface area contributed by atoms with Crippen molar-refractivity contribution in [2.75, 3.05) is 13.2 Å². The van der Waals surface area contributed by atoms with Crippen LogP contribution < -0.4 is 0 Å². The Hall–Kier alpha value is -0.0551. The van der Waals surface area contributed by atoms with E-state index in [2.05, 4.69) is 0 Å². The van der Waals surface area contributed by atoms with Gasteiger partial charge >= 0.3 is 7.12 Å². The molecule has 1 aliphatic heterocycles. The zero-order valence-electron chi connectivity index (χ0n) is 5.29. The van der Waals surface area contributed by atoms with E-state index < -0.39 is 7.12 Å². The van der Waals surface area contributed by atoms with Gasteiger partial charge in [-0.15, -0.1) is 0 Å². The molecule has 0 spiro atoms. The predicted molar refractivity (Wildman–Crippen MR) is 33.9 cm³/mol. The van der Waals surface area contributed by atoms with Crippen LogP contribution >= 0.6 is 0 Å². The normalized spacial score (nSPS) is 26.7. The third kappa shape index (κ3) is 2.34. The second-order valence-electron chi connectivity index (χ2n) is 2.45. The van der Waals surface area contributed by atoms with Gasteiger partial charge in [-0.05, 0) is 18.7 Å². The molecule has 0 aromatic carbocycles. The lowest BCUT2D eigenvalue weighted by Gasteiger charge is -2.03. The molecule has 1 fully saturated rings. The van der Waals surface area contributed by atoms with Crippen LogP contribution in [0.3, 0.4) is 0 Å². The van der Waals surface area contributed by atoms with Crippen molar-refractivity contribution >= 4 is 7.12 Å². The summed E-state index contributed by atoms with van der Waals surface area (Å²) < 4.78 is 5.04. The summed E-state index contributed by atoms with van der Waals surface area (Å²) in [5.74, 6) is 0.366. The van der Waals surface area contributed by atoms with Crippen molar-refractivity contribution in [2.24, 2.45) is 5.92 Å². The summed E-state index contributed by atoms with van der Waals surface area (Å²) in [6, 6.07) is 0. The van der Waals surface area contributed by atoms with Crippen LogP contribution in [0.2, 0.25) is 6.32 Å². The summed E-state index contributed by atoms with van der Waals surface area (Å²) in [5.41, 5.74) is 0. The molecule has 0 radical (unpaired) electrons. The maximum atomic E-state index is 8.51. The molecule has 52 valence electrons. The van der Waals surface area contributed by atoms with Gasteiger partial charge in [0.25, 0.3) is 0 Å². The first kappa shape index (κ1) is 7.06. The predicted octanol–water partition coefficient (Wildman–Crippen LogP) is -0.504. The fourth-order valence-corrected chi connectivity index (χ4v) is 1.07. The first-order valence-corrected chi connectivity index (χ1v) is 3.23. The van der Waals surface area contributed by atoms with Gasteiger partial charge in [0.2, 0.25) is 0 Å². The average molecular weight is 130 g/mol. The molecule has 1 atom stereocenters. The van der Waals surface area contributed by atoms with E-state index in [4.69, 9.17) is 14.8 Å². The summed E-state index contributed by atoms with van der Waals surface area (Å²) in [6.07, 6.45) is 1.43. The standard InChI is InChI=1S/C5H11BO3/c7-6(8)3-5-1-2-9-4-5/h5,7-8H,1-4H2. The number of hydrogen-bond donors (Lipinski definition) is 2. The number of ether oxygens (including phenoxy) is 1. The molecule has 2 N–H and O–H groups in total. The average Bonchev–Trinajstić information content (AvgIpc) is 2.15. The maximum Gasteiger partial charge on any atom is 0.451 e. The van der Waals surface area contributed by atoms with Gasteiger partial charge in [-0.25, -0.2) is 0 Å². The van der Waals surface area contributed by atoms with E-state index in [0.29, 0.717) is 18.8 Å². The van der Waals surface area contributed by atoms with Gasteiger partial charge in [-0.3, -0.25) is 0 Å². The van der Waals surface area contributed by atoms with E-state index in [0.717, 1.165) is 13.0 Å². The van der Waals surface area contributed by atoms with Crippen molar-refractivity contribution in [3.63, 3.8) is 0 Å². The Morgan fingerprint density at radius 2 is 2.33 bits per heavy atom. The monoisotopic (exact) mass is 130 g/mol. The fourth-order valence-electron chi connectivity index (χ4n) is 1.07. The van der Waals surface area contributed by atoms with Crippen LogP contribution in [0.15, 0.2) is 0 Å². The van der Waals surface area contributed by atoms with Crippen LogP contribution in [0.4, 0.5) is 0 Å². The first-order valence-electron chi connectivity index (χ1n) is 3.23. The highest BCUT2D eigenvalue weighted by Gasteiger charge is 2.20. The Kier molecular flexibility index (Phi) is 2.51. The van der Waals surface area contributed by atoms with Crippen molar-refractivity contribution in [3.05, 3.63) is 0 Å². The Morgan fingerprint density at radius 3 is 2.78 bits per heavy atom. The number of rotatable bonds is 2. The van der Waals surface area contributed by atoms with Crippen molar-refractivity contribution in [2.45, 2.75) is 12.7 Å². The van der Waals surface area contributed by atoms with Crippen LogP contribution in [-0.2, 0) is 4.74 Å². The van der Waals surface area contributed by atoms with Gasteiger partial charge in [0, 0.05) is 13.2 Å². The summed E-state index contributed by atoms with van der Waals surface area (Å²) in [4.78, 5) is 0. The molecule has 3 nitrogen and oxygen atoms in total. The molecule has 0 bridgehead atoms. The molecular formula is C5H11BO3. The molecule has 9 heavy (non-hydrogen) atoms. The molecule has 4 heteroatoms. The molecule has 1 unspecified atom stereocenters. The minimum Gasteiger partial charge on any atom is -0.427 e. The lowest BCUT2D eigenvalue weighted by molar-refractivity contribution is 0.187. The van der Waals surface area contributed by atoms with Crippen LogP contribution in [0.1, 0.15) is 6.42 Å². The molecule has 0 aromatic heterocycles. The molecular weight excluding hydrogens is 119 g/mol. The zero-order valence-corrected chi connectivity index (χ0v) is 5.29. The molecule has 0 aromatic rings.